The Kier molecular flexibility index (Phi) is 3.39. The van der Waals surface area contributed by atoms with E-state index in [0.29, 0.717) is 21.4 Å². The number of halogens is 2. The maximum Gasteiger partial charge on any atom is 0.130 e. The highest BCUT2D eigenvalue weighted by Crippen LogP contribution is 2.29. The van der Waals surface area contributed by atoms with Crippen molar-refractivity contribution in [1.82, 2.24) is 0 Å². The molecule has 0 bridgehead atoms. The van der Waals surface area contributed by atoms with Crippen LogP contribution in [0.1, 0.15) is 5.56 Å². The minimum absolute atomic E-state index is 0.457. The first-order chi connectivity index (χ1) is 6.19. The minimum atomic E-state index is 0.457. The zero-order valence-electron chi connectivity index (χ0n) is 6.92. The van der Waals surface area contributed by atoms with Gasteiger partial charge < -0.3 is 10.6 Å². The molecule has 0 radical (unpaired) electrons. The molecule has 2 N–H and O–H groups in total. The van der Waals surface area contributed by atoms with Gasteiger partial charge in [0.15, 0.2) is 0 Å². The molecule has 1 aromatic carbocycles. The van der Waals surface area contributed by atoms with Crippen LogP contribution in [0.3, 0.4) is 0 Å². The van der Waals surface area contributed by atoms with Crippen LogP contribution >= 0.6 is 23.2 Å². The van der Waals surface area contributed by atoms with Crippen molar-refractivity contribution in [3.05, 3.63) is 27.7 Å². The van der Waals surface area contributed by atoms with Crippen molar-refractivity contribution in [3.8, 4) is 5.75 Å². The van der Waals surface area contributed by atoms with Crippen LogP contribution < -0.4 is 10.6 Å². The number of ether oxygens (including phenoxy) is 1. The second-order valence-electron chi connectivity index (χ2n) is 2.28. The highest BCUT2D eigenvalue weighted by molar-refractivity contribution is 6.36. The van der Waals surface area contributed by atoms with Crippen molar-refractivity contribution < 1.29 is 4.74 Å². The van der Waals surface area contributed by atoms with Gasteiger partial charge in [0, 0.05) is 5.02 Å². The largest absolute Gasteiger partial charge is 0.496 e. The number of hydrogen-bond acceptors (Lipinski definition) is 3. The van der Waals surface area contributed by atoms with Crippen molar-refractivity contribution in [2.24, 2.45) is 10.9 Å². The lowest BCUT2D eigenvalue weighted by Gasteiger charge is -2.06. The third-order valence-electron chi connectivity index (χ3n) is 1.48. The number of benzene rings is 1. The molecule has 0 aliphatic rings. The predicted octanol–water partition coefficient (Wildman–Crippen LogP) is 2.29. The standard InChI is InChI=1S/C8H8Cl2N2O/c1-13-8-3-5(9)2-7(10)6(8)4-12-11/h2-4H,11H2,1H3. The molecule has 0 fully saturated rings. The van der Waals surface area contributed by atoms with Crippen LogP contribution in [0.4, 0.5) is 0 Å². The van der Waals surface area contributed by atoms with Gasteiger partial charge in [0.2, 0.25) is 0 Å². The van der Waals surface area contributed by atoms with Gasteiger partial charge in [-0.05, 0) is 12.1 Å². The van der Waals surface area contributed by atoms with E-state index in [1.807, 2.05) is 0 Å². The minimum Gasteiger partial charge on any atom is -0.496 e. The first kappa shape index (κ1) is 10.2. The highest BCUT2D eigenvalue weighted by Gasteiger charge is 2.07. The van der Waals surface area contributed by atoms with Crippen molar-refractivity contribution in [2.75, 3.05) is 7.11 Å². The fourth-order valence-corrected chi connectivity index (χ4v) is 1.45. The van der Waals surface area contributed by atoms with Crippen molar-refractivity contribution in [3.63, 3.8) is 0 Å². The van der Waals surface area contributed by atoms with Gasteiger partial charge in [0.25, 0.3) is 0 Å². The van der Waals surface area contributed by atoms with E-state index in [1.54, 1.807) is 12.1 Å². The fraction of sp³-hybridized carbons (Fsp3) is 0.125. The van der Waals surface area contributed by atoms with Crippen LogP contribution in [0.2, 0.25) is 10.0 Å². The molecule has 0 aliphatic heterocycles. The van der Waals surface area contributed by atoms with E-state index in [1.165, 1.54) is 13.3 Å². The molecule has 0 aromatic heterocycles. The molecule has 70 valence electrons. The Balaban J connectivity index is 3.29. The summed E-state index contributed by atoms with van der Waals surface area (Å²) in [6, 6.07) is 3.24. The first-order valence-electron chi connectivity index (χ1n) is 3.45. The van der Waals surface area contributed by atoms with E-state index in [0.717, 1.165) is 0 Å². The maximum atomic E-state index is 5.88. The van der Waals surface area contributed by atoms with Gasteiger partial charge in [-0.1, -0.05) is 23.2 Å². The van der Waals surface area contributed by atoms with Crippen LogP contribution in [0.15, 0.2) is 17.2 Å². The van der Waals surface area contributed by atoms with Gasteiger partial charge >= 0.3 is 0 Å². The topological polar surface area (TPSA) is 47.6 Å². The Morgan fingerprint density at radius 1 is 1.46 bits per heavy atom. The molecule has 0 heterocycles. The monoisotopic (exact) mass is 218 g/mol. The lowest BCUT2D eigenvalue weighted by molar-refractivity contribution is 0.414. The average molecular weight is 219 g/mol. The fourth-order valence-electron chi connectivity index (χ4n) is 0.930. The molecular weight excluding hydrogens is 211 g/mol. The Bertz CT molecular complexity index is 339. The summed E-state index contributed by atoms with van der Waals surface area (Å²) in [5.41, 5.74) is 0.621. The first-order valence-corrected chi connectivity index (χ1v) is 4.21. The van der Waals surface area contributed by atoms with Crippen LogP contribution in [-0.4, -0.2) is 13.3 Å². The quantitative estimate of drug-likeness (QED) is 0.471. The maximum absolute atomic E-state index is 5.88. The summed E-state index contributed by atoms with van der Waals surface area (Å²) < 4.78 is 5.04. The molecule has 5 heteroatoms. The molecule has 0 saturated heterocycles. The Hall–Kier alpha value is -0.930. The van der Waals surface area contributed by atoms with E-state index in [-0.39, 0.29) is 0 Å². The van der Waals surface area contributed by atoms with Crippen molar-refractivity contribution >= 4 is 29.4 Å². The van der Waals surface area contributed by atoms with Crippen molar-refractivity contribution in [2.45, 2.75) is 0 Å². The molecule has 0 amide bonds. The van der Waals surface area contributed by atoms with E-state index in [4.69, 9.17) is 33.8 Å². The summed E-state index contributed by atoms with van der Waals surface area (Å²) in [7, 11) is 1.52. The second kappa shape index (κ2) is 4.35. The Morgan fingerprint density at radius 2 is 2.15 bits per heavy atom. The number of rotatable bonds is 2. The van der Waals surface area contributed by atoms with Crippen LogP contribution in [-0.2, 0) is 0 Å². The van der Waals surface area contributed by atoms with Gasteiger partial charge in [0.1, 0.15) is 5.75 Å². The Morgan fingerprint density at radius 3 is 2.69 bits per heavy atom. The molecule has 13 heavy (non-hydrogen) atoms. The second-order valence-corrected chi connectivity index (χ2v) is 3.13. The number of nitrogens with zero attached hydrogens (tertiary/aromatic N) is 1. The van der Waals surface area contributed by atoms with Gasteiger partial charge in [-0.2, -0.15) is 5.10 Å². The molecule has 3 nitrogen and oxygen atoms in total. The smallest absolute Gasteiger partial charge is 0.130 e. The highest BCUT2D eigenvalue weighted by atomic mass is 35.5. The Labute approximate surface area is 86.1 Å². The normalized spacial score (nSPS) is 10.7. The third kappa shape index (κ3) is 2.26. The lowest BCUT2D eigenvalue weighted by atomic mass is 10.2. The predicted molar refractivity (Wildman–Crippen MR) is 54.8 cm³/mol. The molecule has 0 saturated carbocycles. The third-order valence-corrected chi connectivity index (χ3v) is 2.01. The summed E-state index contributed by atoms with van der Waals surface area (Å²) in [5.74, 6) is 5.56. The molecule has 0 atom stereocenters. The molecular formula is C8H8Cl2N2O. The summed E-state index contributed by atoms with van der Waals surface area (Å²) in [4.78, 5) is 0. The number of hydrazone groups is 1. The molecule has 0 spiro atoms. The average Bonchev–Trinajstić information content (AvgIpc) is 2.09. The van der Waals surface area contributed by atoms with Gasteiger partial charge in [0.05, 0.1) is 23.9 Å². The van der Waals surface area contributed by atoms with Crippen molar-refractivity contribution in [1.29, 1.82) is 0 Å². The number of nitrogens with two attached hydrogens (primary N) is 1. The molecule has 1 rings (SSSR count). The van der Waals surface area contributed by atoms with Gasteiger partial charge in [-0.15, -0.1) is 0 Å². The molecule has 0 aliphatic carbocycles. The summed E-state index contributed by atoms with van der Waals surface area (Å²) in [6.45, 7) is 0. The lowest BCUT2D eigenvalue weighted by Crippen LogP contribution is -1.94. The number of methoxy groups -OCH3 is 1. The summed E-state index contributed by atoms with van der Waals surface area (Å²) in [5, 5.41) is 4.34. The molecule has 1 aromatic rings. The van der Waals surface area contributed by atoms with Gasteiger partial charge in [-0.3, -0.25) is 0 Å². The molecule has 0 unspecified atom stereocenters. The van der Waals surface area contributed by atoms with E-state index in [2.05, 4.69) is 5.10 Å². The van der Waals surface area contributed by atoms with Crippen LogP contribution in [0, 0.1) is 0 Å². The zero-order chi connectivity index (χ0) is 9.84. The summed E-state index contributed by atoms with van der Waals surface area (Å²) >= 11 is 11.6. The SMILES string of the molecule is COc1cc(Cl)cc(Cl)c1C=NN. The van der Waals surface area contributed by atoms with E-state index >= 15 is 0 Å². The zero-order valence-corrected chi connectivity index (χ0v) is 8.43. The van der Waals surface area contributed by atoms with Gasteiger partial charge in [-0.25, -0.2) is 0 Å². The van der Waals surface area contributed by atoms with Crippen LogP contribution in [0.5, 0.6) is 5.75 Å². The van der Waals surface area contributed by atoms with Crippen LogP contribution in [0.25, 0.3) is 0 Å². The number of hydrogen-bond donors (Lipinski definition) is 1. The summed E-state index contributed by atoms with van der Waals surface area (Å²) in [6.07, 6.45) is 1.41. The van der Waals surface area contributed by atoms with E-state index < -0.39 is 0 Å². The van der Waals surface area contributed by atoms with E-state index in [9.17, 15) is 0 Å².